The number of aromatic nitrogens is 2. The first-order valence-corrected chi connectivity index (χ1v) is 7.66. The van der Waals surface area contributed by atoms with Gasteiger partial charge in [0.1, 0.15) is 5.69 Å². The molecule has 0 saturated carbocycles. The molecular weight excluding hydrogens is 308 g/mol. The van der Waals surface area contributed by atoms with Crippen molar-refractivity contribution in [3.63, 3.8) is 0 Å². The summed E-state index contributed by atoms with van der Waals surface area (Å²) >= 11 is 0. The zero-order valence-electron chi connectivity index (χ0n) is 13.4. The second kappa shape index (κ2) is 9.22. The van der Waals surface area contributed by atoms with Crippen LogP contribution < -0.4 is 5.32 Å². The standard InChI is InChI=1S/C15H23F2N3O3/c1-10(2)9-20-13(14(16)17)11(8-19-20)15(23)18-7-5-3-4-6-12(21)22/h8,10,14H,3-7,9H2,1-2H3,(H,18,23)(H,21,22). The fourth-order valence-corrected chi connectivity index (χ4v) is 2.17. The molecule has 130 valence electrons. The third-order valence-electron chi connectivity index (χ3n) is 3.22. The lowest BCUT2D eigenvalue weighted by Gasteiger charge is -2.11. The van der Waals surface area contributed by atoms with Crippen molar-refractivity contribution >= 4 is 11.9 Å². The van der Waals surface area contributed by atoms with E-state index in [4.69, 9.17) is 5.11 Å². The van der Waals surface area contributed by atoms with Crippen molar-refractivity contribution in [1.82, 2.24) is 15.1 Å². The third kappa shape index (κ3) is 6.33. The Balaban J connectivity index is 2.55. The van der Waals surface area contributed by atoms with Crippen LogP contribution in [0.2, 0.25) is 0 Å². The minimum atomic E-state index is -2.77. The van der Waals surface area contributed by atoms with E-state index in [1.807, 2.05) is 13.8 Å². The number of aliphatic carboxylic acids is 1. The smallest absolute Gasteiger partial charge is 0.303 e. The first-order chi connectivity index (χ1) is 10.8. The predicted molar refractivity (Wildman–Crippen MR) is 80.5 cm³/mol. The van der Waals surface area contributed by atoms with Crippen molar-refractivity contribution in [3.8, 4) is 0 Å². The lowest BCUT2D eigenvalue weighted by Crippen LogP contribution is -2.25. The van der Waals surface area contributed by atoms with Gasteiger partial charge in [-0.3, -0.25) is 14.3 Å². The average molecular weight is 331 g/mol. The zero-order valence-corrected chi connectivity index (χ0v) is 13.4. The van der Waals surface area contributed by atoms with E-state index in [2.05, 4.69) is 10.4 Å². The Bertz CT molecular complexity index is 530. The van der Waals surface area contributed by atoms with Crippen molar-refractivity contribution in [3.05, 3.63) is 17.5 Å². The summed E-state index contributed by atoms with van der Waals surface area (Å²) in [5, 5.41) is 15.0. The molecule has 1 heterocycles. The molecule has 8 heteroatoms. The number of alkyl halides is 2. The van der Waals surface area contributed by atoms with Gasteiger partial charge in [0.2, 0.25) is 0 Å². The number of hydrogen-bond donors (Lipinski definition) is 2. The maximum atomic E-state index is 13.2. The molecule has 2 N–H and O–H groups in total. The Hall–Kier alpha value is -1.99. The number of amides is 1. The van der Waals surface area contributed by atoms with Gasteiger partial charge in [-0.1, -0.05) is 20.3 Å². The monoisotopic (exact) mass is 331 g/mol. The number of rotatable bonds is 10. The quantitative estimate of drug-likeness (QED) is 0.646. The summed E-state index contributed by atoms with van der Waals surface area (Å²) in [5.74, 6) is -1.29. The second-order valence-corrected chi connectivity index (χ2v) is 5.78. The van der Waals surface area contributed by atoms with E-state index >= 15 is 0 Å². The lowest BCUT2D eigenvalue weighted by molar-refractivity contribution is -0.137. The van der Waals surface area contributed by atoms with Gasteiger partial charge in [-0.15, -0.1) is 0 Å². The maximum Gasteiger partial charge on any atom is 0.303 e. The zero-order chi connectivity index (χ0) is 17.4. The Morgan fingerprint density at radius 1 is 1.30 bits per heavy atom. The Morgan fingerprint density at radius 2 is 2.00 bits per heavy atom. The number of carboxylic acids is 1. The van der Waals surface area contributed by atoms with Gasteiger partial charge in [0.15, 0.2) is 0 Å². The van der Waals surface area contributed by atoms with E-state index in [1.165, 1.54) is 10.9 Å². The van der Waals surface area contributed by atoms with Gasteiger partial charge in [0, 0.05) is 19.5 Å². The molecule has 0 unspecified atom stereocenters. The summed E-state index contributed by atoms with van der Waals surface area (Å²) in [6, 6.07) is 0. The average Bonchev–Trinajstić information content (AvgIpc) is 2.85. The summed E-state index contributed by atoms with van der Waals surface area (Å²) in [4.78, 5) is 22.4. The Labute approximate surface area is 133 Å². The molecule has 0 aromatic carbocycles. The molecule has 1 aromatic rings. The van der Waals surface area contributed by atoms with Crippen LogP contribution in [0.3, 0.4) is 0 Å². The van der Waals surface area contributed by atoms with Crippen LogP contribution in [0.25, 0.3) is 0 Å². The number of nitrogens with zero attached hydrogens (tertiary/aromatic N) is 2. The topological polar surface area (TPSA) is 84.2 Å². The van der Waals surface area contributed by atoms with Gasteiger partial charge in [-0.2, -0.15) is 5.10 Å². The van der Waals surface area contributed by atoms with Crippen molar-refractivity contribution in [2.24, 2.45) is 5.92 Å². The summed E-state index contributed by atoms with van der Waals surface area (Å²) in [6.07, 6.45) is 0.270. The SMILES string of the molecule is CC(C)Cn1ncc(C(=O)NCCCCCC(=O)O)c1C(F)F. The molecule has 0 fully saturated rings. The highest BCUT2D eigenvalue weighted by Gasteiger charge is 2.24. The fourth-order valence-electron chi connectivity index (χ4n) is 2.17. The van der Waals surface area contributed by atoms with Gasteiger partial charge in [-0.05, 0) is 18.8 Å². The maximum absolute atomic E-state index is 13.2. The Kier molecular flexibility index (Phi) is 7.64. The summed E-state index contributed by atoms with van der Waals surface area (Å²) in [6.45, 7) is 4.40. The van der Waals surface area contributed by atoms with Crippen LogP contribution in [0.4, 0.5) is 8.78 Å². The molecule has 6 nitrogen and oxygen atoms in total. The second-order valence-electron chi connectivity index (χ2n) is 5.78. The van der Waals surface area contributed by atoms with Crippen LogP contribution in [0.5, 0.6) is 0 Å². The van der Waals surface area contributed by atoms with Crippen molar-refractivity contribution in [2.75, 3.05) is 6.54 Å². The van der Waals surface area contributed by atoms with E-state index < -0.39 is 18.3 Å². The number of halogens is 2. The van der Waals surface area contributed by atoms with E-state index in [-0.39, 0.29) is 23.6 Å². The minimum absolute atomic E-state index is 0.0887. The first-order valence-electron chi connectivity index (χ1n) is 7.66. The first kappa shape index (κ1) is 19.1. The van der Waals surface area contributed by atoms with Gasteiger partial charge >= 0.3 is 5.97 Å². The van der Waals surface area contributed by atoms with Gasteiger partial charge in [0.25, 0.3) is 12.3 Å². The van der Waals surface area contributed by atoms with Gasteiger partial charge < -0.3 is 10.4 Å². The fraction of sp³-hybridized carbons (Fsp3) is 0.667. The van der Waals surface area contributed by atoms with E-state index in [0.717, 1.165) is 0 Å². The number of carbonyl (C=O) groups excluding carboxylic acids is 1. The van der Waals surface area contributed by atoms with Gasteiger partial charge in [0.05, 0.1) is 11.8 Å². The van der Waals surface area contributed by atoms with Crippen molar-refractivity contribution < 1.29 is 23.5 Å². The Morgan fingerprint density at radius 3 is 2.57 bits per heavy atom. The number of hydrogen-bond acceptors (Lipinski definition) is 3. The molecule has 1 aromatic heterocycles. The van der Waals surface area contributed by atoms with E-state index in [0.29, 0.717) is 32.4 Å². The number of unbranched alkanes of at least 4 members (excludes halogenated alkanes) is 2. The van der Waals surface area contributed by atoms with Crippen LogP contribution in [-0.2, 0) is 11.3 Å². The predicted octanol–water partition coefficient (Wildman–Crippen LogP) is 2.85. The van der Waals surface area contributed by atoms with Crippen LogP contribution in [0.15, 0.2) is 6.20 Å². The summed E-state index contributed by atoms with van der Waals surface area (Å²) < 4.78 is 27.6. The number of carboxylic acid groups (broad SMARTS) is 1. The molecular formula is C15H23F2N3O3. The number of carbonyl (C=O) groups is 2. The molecule has 1 rings (SSSR count). The van der Waals surface area contributed by atoms with E-state index in [1.54, 1.807) is 0 Å². The molecule has 1 amide bonds. The summed E-state index contributed by atoms with van der Waals surface area (Å²) in [5.41, 5.74) is -0.465. The third-order valence-corrected chi connectivity index (χ3v) is 3.22. The molecule has 0 saturated heterocycles. The molecule has 0 bridgehead atoms. The van der Waals surface area contributed by atoms with E-state index in [9.17, 15) is 18.4 Å². The molecule has 0 radical (unpaired) electrons. The van der Waals surface area contributed by atoms with Crippen molar-refractivity contribution in [1.29, 1.82) is 0 Å². The highest BCUT2D eigenvalue weighted by Crippen LogP contribution is 2.23. The molecule has 0 spiro atoms. The highest BCUT2D eigenvalue weighted by molar-refractivity contribution is 5.95. The molecule has 0 atom stereocenters. The van der Waals surface area contributed by atoms with Crippen LogP contribution >= 0.6 is 0 Å². The largest absolute Gasteiger partial charge is 0.481 e. The molecule has 23 heavy (non-hydrogen) atoms. The molecule has 0 aliphatic heterocycles. The lowest BCUT2D eigenvalue weighted by atomic mass is 10.2. The van der Waals surface area contributed by atoms with Crippen LogP contribution in [0, 0.1) is 5.92 Å². The minimum Gasteiger partial charge on any atom is -0.481 e. The normalized spacial score (nSPS) is 11.2. The summed E-state index contributed by atoms with van der Waals surface area (Å²) in [7, 11) is 0. The molecule has 0 aliphatic rings. The van der Waals surface area contributed by atoms with Crippen LogP contribution in [0.1, 0.15) is 62.0 Å². The van der Waals surface area contributed by atoms with Crippen LogP contribution in [-0.4, -0.2) is 33.3 Å². The van der Waals surface area contributed by atoms with Crippen molar-refractivity contribution in [2.45, 2.75) is 52.5 Å². The number of nitrogens with one attached hydrogen (secondary N) is 1. The highest BCUT2D eigenvalue weighted by atomic mass is 19.3. The molecule has 0 aliphatic carbocycles. The van der Waals surface area contributed by atoms with Gasteiger partial charge in [-0.25, -0.2) is 8.78 Å².